The van der Waals surface area contributed by atoms with E-state index in [0.717, 1.165) is 0 Å². The van der Waals surface area contributed by atoms with Gasteiger partial charge in [-0.15, -0.1) is 0 Å². The highest BCUT2D eigenvalue weighted by atomic mass is 16.5. The summed E-state index contributed by atoms with van der Waals surface area (Å²) in [4.78, 5) is 10.8. The van der Waals surface area contributed by atoms with Gasteiger partial charge in [-0.1, -0.05) is 0 Å². The maximum atomic E-state index is 10.8. The van der Waals surface area contributed by atoms with Crippen LogP contribution in [0.25, 0.3) is 0 Å². The first-order chi connectivity index (χ1) is 5.22. The van der Waals surface area contributed by atoms with Gasteiger partial charge in [-0.2, -0.15) is 0 Å². The van der Waals surface area contributed by atoms with E-state index in [0.29, 0.717) is 18.8 Å². The van der Waals surface area contributed by atoms with Crippen LogP contribution in [0.4, 0.5) is 0 Å². The highest BCUT2D eigenvalue weighted by Gasteiger charge is 2.18. The fraction of sp³-hybridized carbons (Fsp3) is 0.625. The van der Waals surface area contributed by atoms with E-state index >= 15 is 0 Å². The van der Waals surface area contributed by atoms with E-state index in [-0.39, 0.29) is 12.2 Å². The maximum Gasteiger partial charge on any atom is 0.161 e. The van der Waals surface area contributed by atoms with Crippen molar-refractivity contribution in [2.45, 2.75) is 25.9 Å². The van der Waals surface area contributed by atoms with Gasteiger partial charge in [0.1, 0.15) is 5.76 Å². The molecule has 1 unspecified atom stereocenters. The van der Waals surface area contributed by atoms with E-state index in [1.165, 1.54) is 6.08 Å². The highest BCUT2D eigenvalue weighted by molar-refractivity contribution is 5.91. The lowest BCUT2D eigenvalue weighted by Gasteiger charge is -2.16. The molecule has 0 aliphatic heterocycles. The third-order valence-electron chi connectivity index (χ3n) is 1.53. The number of ether oxygens (including phenoxy) is 1. The molecule has 0 amide bonds. The number of ketones is 1. The Bertz CT molecular complexity index is 184. The lowest BCUT2D eigenvalue weighted by molar-refractivity contribution is -0.117. The van der Waals surface area contributed by atoms with Crippen LogP contribution in [0, 0.1) is 0 Å². The summed E-state index contributed by atoms with van der Waals surface area (Å²) in [6, 6.07) is 0. The molecule has 1 N–H and O–H groups in total. The van der Waals surface area contributed by atoms with Gasteiger partial charge < -0.3 is 9.84 Å². The molecule has 3 nitrogen and oxygen atoms in total. The minimum Gasteiger partial charge on any atom is -0.498 e. The van der Waals surface area contributed by atoms with Crippen molar-refractivity contribution < 1.29 is 14.6 Å². The van der Waals surface area contributed by atoms with Gasteiger partial charge in [-0.25, -0.2) is 0 Å². The van der Waals surface area contributed by atoms with Crippen LogP contribution in [0.2, 0.25) is 0 Å². The van der Waals surface area contributed by atoms with Crippen LogP contribution in [0.1, 0.15) is 19.8 Å². The second-order valence-corrected chi connectivity index (χ2v) is 2.57. The van der Waals surface area contributed by atoms with E-state index in [9.17, 15) is 4.79 Å². The molecule has 3 heteroatoms. The molecule has 1 rings (SSSR count). The van der Waals surface area contributed by atoms with Gasteiger partial charge in [0.15, 0.2) is 5.78 Å². The molecular weight excluding hydrogens is 144 g/mol. The fourth-order valence-corrected chi connectivity index (χ4v) is 1.12. The number of carbonyl (C=O) groups excluding carboxylic acids is 1. The first-order valence-corrected chi connectivity index (χ1v) is 3.76. The molecule has 0 fully saturated rings. The summed E-state index contributed by atoms with van der Waals surface area (Å²) in [5.41, 5.74) is 0. The summed E-state index contributed by atoms with van der Waals surface area (Å²) in [7, 11) is 0. The lowest BCUT2D eigenvalue weighted by atomic mass is 10.0. The first-order valence-electron chi connectivity index (χ1n) is 3.76. The molecule has 0 heterocycles. The van der Waals surface area contributed by atoms with Gasteiger partial charge in [0.2, 0.25) is 0 Å². The van der Waals surface area contributed by atoms with E-state index in [1.54, 1.807) is 0 Å². The third kappa shape index (κ3) is 2.35. The molecule has 0 aromatic rings. The SMILES string of the molecule is CCOC1=CC(=O)CC(O)C1. The minimum absolute atomic E-state index is 0.0489. The van der Waals surface area contributed by atoms with Gasteiger partial charge in [-0.05, 0) is 6.92 Å². The molecule has 1 aliphatic rings. The summed E-state index contributed by atoms with van der Waals surface area (Å²) < 4.78 is 5.10. The van der Waals surface area contributed by atoms with E-state index in [4.69, 9.17) is 9.84 Å². The molecule has 62 valence electrons. The van der Waals surface area contributed by atoms with Crippen LogP contribution < -0.4 is 0 Å². The average Bonchev–Trinajstić information content (AvgIpc) is 1.85. The van der Waals surface area contributed by atoms with Crippen molar-refractivity contribution >= 4 is 5.78 Å². The molecule has 1 atom stereocenters. The predicted octanol–water partition coefficient (Wildman–Crippen LogP) is 0.631. The number of carbonyl (C=O) groups is 1. The maximum absolute atomic E-state index is 10.8. The van der Waals surface area contributed by atoms with Gasteiger partial charge in [-0.3, -0.25) is 4.79 Å². The summed E-state index contributed by atoms with van der Waals surface area (Å²) in [6.45, 7) is 2.40. The Kier molecular flexibility index (Phi) is 2.65. The topological polar surface area (TPSA) is 46.5 Å². The summed E-state index contributed by atoms with van der Waals surface area (Å²) in [6.07, 6.45) is 1.63. The van der Waals surface area contributed by atoms with E-state index in [2.05, 4.69) is 0 Å². The molecule has 0 spiro atoms. The number of aliphatic hydroxyl groups excluding tert-OH is 1. The molecule has 0 radical (unpaired) electrons. The van der Waals surface area contributed by atoms with E-state index < -0.39 is 6.10 Å². The Morgan fingerprint density at radius 2 is 2.45 bits per heavy atom. The molecule has 0 aromatic heterocycles. The molecule has 0 aromatic carbocycles. The number of hydrogen-bond donors (Lipinski definition) is 1. The molecule has 11 heavy (non-hydrogen) atoms. The predicted molar refractivity (Wildman–Crippen MR) is 40.0 cm³/mol. The molecule has 0 bridgehead atoms. The van der Waals surface area contributed by atoms with Gasteiger partial charge in [0.25, 0.3) is 0 Å². The molecule has 0 saturated heterocycles. The summed E-state index contributed by atoms with van der Waals surface area (Å²) in [5.74, 6) is 0.559. The highest BCUT2D eigenvalue weighted by Crippen LogP contribution is 2.16. The van der Waals surface area contributed by atoms with Crippen molar-refractivity contribution in [3.8, 4) is 0 Å². The average molecular weight is 156 g/mol. The number of aliphatic hydroxyl groups is 1. The Labute approximate surface area is 65.7 Å². The second kappa shape index (κ2) is 3.53. The van der Waals surface area contributed by atoms with Crippen molar-refractivity contribution in [1.29, 1.82) is 0 Å². The van der Waals surface area contributed by atoms with Gasteiger partial charge >= 0.3 is 0 Å². The molecule has 0 saturated carbocycles. The number of allylic oxidation sites excluding steroid dienone is 1. The zero-order valence-electron chi connectivity index (χ0n) is 6.54. The minimum atomic E-state index is -0.547. The summed E-state index contributed by atoms with van der Waals surface area (Å²) in [5, 5.41) is 9.13. The fourth-order valence-electron chi connectivity index (χ4n) is 1.12. The molecule has 1 aliphatic carbocycles. The van der Waals surface area contributed by atoms with Crippen LogP contribution in [0.15, 0.2) is 11.8 Å². The Morgan fingerprint density at radius 3 is 3.00 bits per heavy atom. The zero-order valence-corrected chi connectivity index (χ0v) is 6.54. The normalized spacial score (nSPS) is 24.7. The third-order valence-corrected chi connectivity index (χ3v) is 1.53. The Morgan fingerprint density at radius 1 is 1.73 bits per heavy atom. The van der Waals surface area contributed by atoms with Crippen LogP contribution in [0.5, 0.6) is 0 Å². The Balaban J connectivity index is 2.57. The van der Waals surface area contributed by atoms with Gasteiger partial charge in [0, 0.05) is 18.9 Å². The van der Waals surface area contributed by atoms with Crippen molar-refractivity contribution in [1.82, 2.24) is 0 Å². The van der Waals surface area contributed by atoms with Crippen LogP contribution in [-0.2, 0) is 9.53 Å². The number of hydrogen-bond acceptors (Lipinski definition) is 3. The van der Waals surface area contributed by atoms with Crippen LogP contribution >= 0.6 is 0 Å². The molecular formula is C8H12O3. The number of rotatable bonds is 2. The van der Waals surface area contributed by atoms with Gasteiger partial charge in [0.05, 0.1) is 12.7 Å². The van der Waals surface area contributed by atoms with E-state index in [1.807, 2.05) is 6.92 Å². The second-order valence-electron chi connectivity index (χ2n) is 2.57. The van der Waals surface area contributed by atoms with Crippen molar-refractivity contribution in [3.05, 3.63) is 11.8 Å². The quantitative estimate of drug-likeness (QED) is 0.637. The summed E-state index contributed by atoms with van der Waals surface area (Å²) >= 11 is 0. The van der Waals surface area contributed by atoms with Crippen LogP contribution in [-0.4, -0.2) is 23.6 Å². The standard InChI is InChI=1S/C8H12O3/c1-2-11-8-4-6(9)3-7(10)5-8/h4,7,10H,2-3,5H2,1H3. The monoisotopic (exact) mass is 156 g/mol. The zero-order chi connectivity index (χ0) is 8.27. The van der Waals surface area contributed by atoms with Crippen LogP contribution in [0.3, 0.4) is 0 Å². The first kappa shape index (κ1) is 8.27. The van der Waals surface area contributed by atoms with Crippen molar-refractivity contribution in [2.75, 3.05) is 6.61 Å². The Hall–Kier alpha value is -0.830. The van der Waals surface area contributed by atoms with Crippen molar-refractivity contribution in [3.63, 3.8) is 0 Å². The van der Waals surface area contributed by atoms with Crippen molar-refractivity contribution in [2.24, 2.45) is 0 Å². The smallest absolute Gasteiger partial charge is 0.161 e. The largest absolute Gasteiger partial charge is 0.498 e. The lowest BCUT2D eigenvalue weighted by Crippen LogP contribution is -2.19.